The van der Waals surface area contributed by atoms with Crippen molar-refractivity contribution in [1.29, 1.82) is 0 Å². The average molecular weight is 403 g/mol. The Morgan fingerprint density at radius 3 is 1.41 bits per heavy atom. The second-order valence-electron chi connectivity index (χ2n) is 8.95. The van der Waals surface area contributed by atoms with E-state index in [2.05, 4.69) is 30.0 Å². The van der Waals surface area contributed by atoms with Crippen LogP contribution in [0.25, 0.3) is 0 Å². The molecule has 0 aliphatic carbocycles. The molecule has 0 amide bonds. The molecule has 1 atom stereocenters. The Morgan fingerprint density at radius 2 is 1.15 bits per heavy atom. The van der Waals surface area contributed by atoms with E-state index in [0.29, 0.717) is 11.8 Å². The Balaban J connectivity index is 0. The van der Waals surface area contributed by atoms with Gasteiger partial charge in [-0.15, -0.1) is 9.24 Å². The summed E-state index contributed by atoms with van der Waals surface area (Å²) in [6, 6.07) is 0. The molecule has 0 aromatic carbocycles. The van der Waals surface area contributed by atoms with Crippen molar-refractivity contribution in [2.75, 3.05) is 6.16 Å². The highest BCUT2D eigenvalue weighted by Crippen LogP contribution is 2.41. The molecule has 0 radical (unpaired) electrons. The summed E-state index contributed by atoms with van der Waals surface area (Å²) in [7, 11) is 2.87. The zero-order valence-corrected chi connectivity index (χ0v) is 20.7. The Hall–Kier alpha value is -0.100. The lowest BCUT2D eigenvalue weighted by Gasteiger charge is -2.35. The first-order valence-electron chi connectivity index (χ1n) is 11.7. The molecule has 0 saturated heterocycles. The summed E-state index contributed by atoms with van der Waals surface area (Å²) in [6.45, 7) is 12.3. The lowest BCUT2D eigenvalue weighted by molar-refractivity contribution is -0.147. The maximum absolute atomic E-state index is 10.3. The summed E-state index contributed by atoms with van der Waals surface area (Å²) in [5, 5.41) is 8.44. The van der Waals surface area contributed by atoms with Gasteiger partial charge in [-0.2, -0.15) is 0 Å². The monoisotopic (exact) mass is 402 g/mol. The van der Waals surface area contributed by atoms with Gasteiger partial charge in [-0.25, -0.2) is 0 Å². The van der Waals surface area contributed by atoms with E-state index in [0.717, 1.165) is 0 Å². The number of hydrogen-bond acceptors (Lipinski definition) is 1. The Bertz CT molecular complexity index is 317. The van der Waals surface area contributed by atoms with Crippen molar-refractivity contribution in [2.45, 2.75) is 131 Å². The minimum Gasteiger partial charge on any atom is -0.481 e. The molecule has 0 aromatic heterocycles. The van der Waals surface area contributed by atoms with Crippen LogP contribution in [0.1, 0.15) is 131 Å². The molecular formula is C24H51O2P. The maximum atomic E-state index is 10.3. The SMILES string of the molecule is CCC(C)(C)C(=O)O.CCCCC(CCCC)(CCCC)CCCCCP. The maximum Gasteiger partial charge on any atom is 0.309 e. The molecule has 0 aromatic rings. The zero-order valence-electron chi connectivity index (χ0n) is 19.5. The number of carboxylic acids is 1. The van der Waals surface area contributed by atoms with Crippen LogP contribution in [0.2, 0.25) is 0 Å². The number of unbranched alkanes of at least 4 members (excludes halogenated alkanes) is 5. The first-order valence-corrected chi connectivity index (χ1v) is 12.5. The highest BCUT2D eigenvalue weighted by Gasteiger charge is 2.27. The molecule has 3 heteroatoms. The molecule has 0 aliphatic rings. The Kier molecular flexibility index (Phi) is 19.4. The molecule has 1 N–H and O–H groups in total. The summed E-state index contributed by atoms with van der Waals surface area (Å²) < 4.78 is 0. The van der Waals surface area contributed by atoms with Gasteiger partial charge in [0, 0.05) is 0 Å². The van der Waals surface area contributed by atoms with Gasteiger partial charge >= 0.3 is 5.97 Å². The summed E-state index contributed by atoms with van der Waals surface area (Å²) in [6.07, 6.45) is 20.7. The number of carbonyl (C=O) groups is 1. The van der Waals surface area contributed by atoms with Gasteiger partial charge in [0.1, 0.15) is 0 Å². The van der Waals surface area contributed by atoms with Crippen LogP contribution in [0.5, 0.6) is 0 Å². The fourth-order valence-corrected chi connectivity index (χ4v) is 3.67. The minimum absolute atomic E-state index is 0.542. The number of aliphatic carboxylic acids is 1. The average Bonchev–Trinajstić information content (AvgIpc) is 2.66. The summed E-state index contributed by atoms with van der Waals surface area (Å²) in [5.74, 6) is -0.722. The van der Waals surface area contributed by atoms with E-state index in [1.54, 1.807) is 13.8 Å². The molecule has 0 rings (SSSR count). The van der Waals surface area contributed by atoms with Crippen LogP contribution in [0.3, 0.4) is 0 Å². The lowest BCUT2D eigenvalue weighted by atomic mass is 9.71. The van der Waals surface area contributed by atoms with Gasteiger partial charge in [-0.3, -0.25) is 4.79 Å². The van der Waals surface area contributed by atoms with Gasteiger partial charge in [-0.05, 0) is 63.9 Å². The highest BCUT2D eigenvalue weighted by atomic mass is 31.0. The van der Waals surface area contributed by atoms with Crippen LogP contribution in [0.15, 0.2) is 0 Å². The normalized spacial score (nSPS) is 11.8. The standard InChI is InChI=1S/C18H39P.C6H12O2/c1-4-7-13-18(14-8-5-2,15-9-6-3)16-11-10-12-17-19;1-4-6(2,3)5(7)8/h4-17,19H2,1-3H3;4H2,1-3H3,(H,7,8). The Morgan fingerprint density at radius 1 is 0.741 bits per heavy atom. The van der Waals surface area contributed by atoms with Crippen LogP contribution in [0.4, 0.5) is 0 Å². The summed E-state index contributed by atoms with van der Waals surface area (Å²) in [4.78, 5) is 10.3. The van der Waals surface area contributed by atoms with Crippen LogP contribution in [-0.4, -0.2) is 17.2 Å². The topological polar surface area (TPSA) is 37.3 Å². The molecule has 27 heavy (non-hydrogen) atoms. The number of rotatable bonds is 16. The van der Waals surface area contributed by atoms with E-state index < -0.39 is 11.4 Å². The molecular weight excluding hydrogens is 351 g/mol. The molecule has 0 aliphatic heterocycles. The van der Waals surface area contributed by atoms with E-state index in [1.165, 1.54) is 89.6 Å². The molecule has 0 heterocycles. The molecule has 2 nitrogen and oxygen atoms in total. The number of hydrogen-bond donors (Lipinski definition) is 1. The first-order chi connectivity index (χ1) is 12.7. The van der Waals surface area contributed by atoms with E-state index in [1.807, 2.05) is 6.92 Å². The van der Waals surface area contributed by atoms with Crippen LogP contribution in [0, 0.1) is 10.8 Å². The van der Waals surface area contributed by atoms with Crippen LogP contribution < -0.4 is 0 Å². The van der Waals surface area contributed by atoms with Gasteiger partial charge in [0.2, 0.25) is 0 Å². The first kappa shape index (κ1) is 29.1. The fourth-order valence-electron chi connectivity index (χ4n) is 3.38. The predicted molar refractivity (Wildman–Crippen MR) is 126 cm³/mol. The highest BCUT2D eigenvalue weighted by molar-refractivity contribution is 7.16. The Labute approximate surface area is 173 Å². The quantitative estimate of drug-likeness (QED) is 0.207. The summed E-state index contributed by atoms with van der Waals surface area (Å²) in [5.41, 5.74) is 0.156. The molecule has 1 unspecified atom stereocenters. The lowest BCUT2D eigenvalue weighted by Crippen LogP contribution is -2.21. The smallest absolute Gasteiger partial charge is 0.309 e. The van der Waals surface area contributed by atoms with E-state index in [9.17, 15) is 4.79 Å². The van der Waals surface area contributed by atoms with Crippen molar-refractivity contribution >= 4 is 15.2 Å². The third kappa shape index (κ3) is 15.5. The zero-order chi connectivity index (χ0) is 21.2. The van der Waals surface area contributed by atoms with Crippen LogP contribution in [-0.2, 0) is 4.79 Å². The van der Waals surface area contributed by atoms with Crippen molar-refractivity contribution in [2.24, 2.45) is 10.8 Å². The van der Waals surface area contributed by atoms with Gasteiger partial charge in [-0.1, -0.05) is 79.1 Å². The molecule has 0 saturated carbocycles. The van der Waals surface area contributed by atoms with E-state index in [-0.39, 0.29) is 0 Å². The van der Waals surface area contributed by atoms with Crippen molar-refractivity contribution in [1.82, 2.24) is 0 Å². The van der Waals surface area contributed by atoms with Gasteiger partial charge in [0.15, 0.2) is 0 Å². The van der Waals surface area contributed by atoms with Gasteiger partial charge < -0.3 is 5.11 Å². The second kappa shape index (κ2) is 18.0. The van der Waals surface area contributed by atoms with E-state index >= 15 is 0 Å². The van der Waals surface area contributed by atoms with Crippen molar-refractivity contribution in [3.8, 4) is 0 Å². The predicted octanol–water partition coefficient (Wildman–Crippen LogP) is 8.49. The van der Waals surface area contributed by atoms with Gasteiger partial charge in [0.25, 0.3) is 0 Å². The summed E-state index contributed by atoms with van der Waals surface area (Å²) >= 11 is 0. The molecule has 0 bridgehead atoms. The molecule has 0 spiro atoms. The third-order valence-corrected chi connectivity index (χ3v) is 6.46. The molecule has 164 valence electrons. The second-order valence-corrected chi connectivity index (χ2v) is 9.53. The van der Waals surface area contributed by atoms with E-state index in [4.69, 9.17) is 5.11 Å². The fraction of sp³-hybridized carbons (Fsp3) is 0.958. The third-order valence-electron chi connectivity index (χ3n) is 6.06. The van der Waals surface area contributed by atoms with Crippen LogP contribution >= 0.6 is 9.24 Å². The van der Waals surface area contributed by atoms with Crippen molar-refractivity contribution in [3.63, 3.8) is 0 Å². The minimum atomic E-state index is -0.722. The molecule has 0 fully saturated rings. The van der Waals surface area contributed by atoms with Crippen molar-refractivity contribution in [3.05, 3.63) is 0 Å². The number of carboxylic acid groups (broad SMARTS) is 1. The van der Waals surface area contributed by atoms with Crippen molar-refractivity contribution < 1.29 is 9.90 Å². The largest absolute Gasteiger partial charge is 0.481 e. The van der Waals surface area contributed by atoms with Gasteiger partial charge in [0.05, 0.1) is 5.41 Å².